The number of carbonyl (C=O) groups is 2. The molecule has 0 radical (unpaired) electrons. The summed E-state index contributed by atoms with van der Waals surface area (Å²) in [5, 5.41) is 3.16. The van der Waals surface area contributed by atoms with Crippen molar-refractivity contribution in [3.8, 4) is 5.75 Å². The second kappa shape index (κ2) is 4.98. The first-order valence-electron chi connectivity index (χ1n) is 6.00. The van der Waals surface area contributed by atoms with Gasteiger partial charge >= 0.3 is 0 Å². The number of halogens is 1. The molecular formula is C15H10ClNO3. The lowest BCUT2D eigenvalue weighted by atomic mass is 10.1. The molecule has 20 heavy (non-hydrogen) atoms. The molecule has 0 aromatic heterocycles. The monoisotopic (exact) mass is 287 g/mol. The van der Waals surface area contributed by atoms with Crippen molar-refractivity contribution in [2.75, 3.05) is 5.32 Å². The first-order valence-corrected chi connectivity index (χ1v) is 6.38. The molecule has 1 N–H and O–H groups in total. The van der Waals surface area contributed by atoms with Crippen molar-refractivity contribution in [2.24, 2.45) is 0 Å². The first kappa shape index (κ1) is 12.7. The van der Waals surface area contributed by atoms with E-state index in [0.29, 0.717) is 28.6 Å². The number of Topliss-reactive ketones (excluding diaryl/α,β-unsaturated/α-hetero) is 1. The average Bonchev–Trinajstić information content (AvgIpc) is 2.74. The van der Waals surface area contributed by atoms with Crippen molar-refractivity contribution in [3.05, 3.63) is 58.6 Å². The summed E-state index contributed by atoms with van der Waals surface area (Å²) < 4.78 is 5.61. The van der Waals surface area contributed by atoms with Crippen molar-refractivity contribution in [2.45, 2.75) is 6.61 Å². The SMILES string of the molecule is O=C1Nc2ccc(OCc3ccc(Cl)cc3)cc2C1=O. The number of anilines is 1. The molecule has 5 heteroatoms. The van der Waals surface area contributed by atoms with Gasteiger partial charge in [-0.2, -0.15) is 0 Å². The maximum absolute atomic E-state index is 11.6. The van der Waals surface area contributed by atoms with Gasteiger partial charge in [-0.25, -0.2) is 0 Å². The van der Waals surface area contributed by atoms with Crippen LogP contribution in [0, 0.1) is 0 Å². The van der Waals surface area contributed by atoms with Gasteiger partial charge in [-0.15, -0.1) is 0 Å². The predicted molar refractivity (Wildman–Crippen MR) is 75.2 cm³/mol. The Morgan fingerprint density at radius 2 is 1.80 bits per heavy atom. The van der Waals surface area contributed by atoms with Gasteiger partial charge in [0.1, 0.15) is 12.4 Å². The van der Waals surface area contributed by atoms with Crippen LogP contribution in [0.15, 0.2) is 42.5 Å². The Morgan fingerprint density at radius 1 is 1.05 bits per heavy atom. The minimum absolute atomic E-state index is 0.351. The second-order valence-electron chi connectivity index (χ2n) is 4.41. The second-order valence-corrected chi connectivity index (χ2v) is 4.84. The topological polar surface area (TPSA) is 55.4 Å². The van der Waals surface area contributed by atoms with Crippen molar-refractivity contribution < 1.29 is 14.3 Å². The van der Waals surface area contributed by atoms with Crippen LogP contribution in [0.1, 0.15) is 15.9 Å². The van der Waals surface area contributed by atoms with E-state index in [1.807, 2.05) is 12.1 Å². The molecule has 1 heterocycles. The third kappa shape index (κ3) is 2.38. The highest BCUT2D eigenvalue weighted by Crippen LogP contribution is 2.27. The normalized spacial score (nSPS) is 13.1. The van der Waals surface area contributed by atoms with Gasteiger partial charge in [0.15, 0.2) is 0 Å². The van der Waals surface area contributed by atoms with Crippen LogP contribution in [0.4, 0.5) is 5.69 Å². The van der Waals surface area contributed by atoms with Crippen LogP contribution >= 0.6 is 11.6 Å². The van der Waals surface area contributed by atoms with E-state index < -0.39 is 11.7 Å². The van der Waals surface area contributed by atoms with Crippen LogP contribution in [0.25, 0.3) is 0 Å². The van der Waals surface area contributed by atoms with E-state index in [9.17, 15) is 9.59 Å². The Kier molecular flexibility index (Phi) is 3.16. The van der Waals surface area contributed by atoms with Crippen LogP contribution in [-0.2, 0) is 11.4 Å². The number of ketones is 1. The summed E-state index contributed by atoms with van der Waals surface area (Å²) in [5.41, 5.74) is 1.85. The van der Waals surface area contributed by atoms with Gasteiger partial charge in [0.05, 0.1) is 11.3 Å². The lowest BCUT2D eigenvalue weighted by molar-refractivity contribution is -0.112. The largest absolute Gasteiger partial charge is 0.489 e. The summed E-state index contributed by atoms with van der Waals surface area (Å²) in [6.45, 7) is 0.367. The van der Waals surface area contributed by atoms with Crippen molar-refractivity contribution in [1.82, 2.24) is 0 Å². The maximum atomic E-state index is 11.6. The molecular weight excluding hydrogens is 278 g/mol. The fraction of sp³-hybridized carbons (Fsp3) is 0.0667. The molecule has 0 unspecified atom stereocenters. The average molecular weight is 288 g/mol. The number of amides is 1. The summed E-state index contributed by atoms with van der Waals surface area (Å²) in [6, 6.07) is 12.3. The summed E-state index contributed by atoms with van der Waals surface area (Å²) >= 11 is 5.81. The quantitative estimate of drug-likeness (QED) is 0.883. The molecule has 0 fully saturated rings. The molecule has 4 nitrogen and oxygen atoms in total. The first-order chi connectivity index (χ1) is 9.63. The van der Waals surface area contributed by atoms with Gasteiger partial charge in [-0.05, 0) is 35.9 Å². The summed E-state index contributed by atoms with van der Waals surface area (Å²) in [7, 11) is 0. The van der Waals surface area contributed by atoms with Crippen molar-refractivity contribution >= 4 is 29.0 Å². The fourth-order valence-corrected chi connectivity index (χ4v) is 2.08. The summed E-state index contributed by atoms with van der Waals surface area (Å²) in [5.74, 6) is -0.588. The number of carbonyl (C=O) groups excluding carboxylic acids is 2. The Hall–Kier alpha value is -2.33. The molecule has 2 aromatic carbocycles. The minimum atomic E-state index is -0.602. The molecule has 100 valence electrons. The molecule has 0 spiro atoms. The molecule has 2 aromatic rings. The van der Waals surface area contributed by atoms with E-state index in [4.69, 9.17) is 16.3 Å². The molecule has 1 aliphatic heterocycles. The predicted octanol–water partition coefficient (Wildman–Crippen LogP) is 3.05. The zero-order chi connectivity index (χ0) is 14.1. The van der Waals surface area contributed by atoms with Gasteiger partial charge in [0, 0.05) is 5.02 Å². The van der Waals surface area contributed by atoms with Gasteiger partial charge in [-0.3, -0.25) is 9.59 Å². The number of ether oxygens (including phenoxy) is 1. The smallest absolute Gasteiger partial charge is 0.296 e. The molecule has 0 aliphatic carbocycles. The Balaban J connectivity index is 1.75. The number of hydrogen-bond acceptors (Lipinski definition) is 3. The molecule has 1 amide bonds. The summed E-state index contributed by atoms with van der Waals surface area (Å²) in [6.07, 6.45) is 0. The molecule has 3 rings (SSSR count). The van der Waals surface area contributed by atoms with E-state index in [2.05, 4.69) is 5.32 Å². The highest BCUT2D eigenvalue weighted by molar-refractivity contribution is 6.51. The molecule has 1 aliphatic rings. The number of fused-ring (bicyclic) bond motifs is 1. The van der Waals surface area contributed by atoms with Crippen LogP contribution in [0.2, 0.25) is 5.02 Å². The van der Waals surface area contributed by atoms with E-state index in [1.165, 1.54) is 0 Å². The highest BCUT2D eigenvalue weighted by Gasteiger charge is 2.28. The van der Waals surface area contributed by atoms with Crippen molar-refractivity contribution in [1.29, 1.82) is 0 Å². The van der Waals surface area contributed by atoms with E-state index in [1.54, 1.807) is 30.3 Å². The lowest BCUT2D eigenvalue weighted by Crippen LogP contribution is -2.12. The van der Waals surface area contributed by atoms with Crippen LogP contribution in [0.5, 0.6) is 5.75 Å². The van der Waals surface area contributed by atoms with Crippen LogP contribution < -0.4 is 10.1 Å². The third-order valence-corrected chi connectivity index (χ3v) is 3.26. The lowest BCUT2D eigenvalue weighted by Gasteiger charge is -2.07. The van der Waals surface area contributed by atoms with Gasteiger partial charge in [0.25, 0.3) is 11.7 Å². The number of hydrogen-bond donors (Lipinski definition) is 1. The Morgan fingerprint density at radius 3 is 2.55 bits per heavy atom. The zero-order valence-electron chi connectivity index (χ0n) is 10.4. The van der Waals surface area contributed by atoms with Crippen molar-refractivity contribution in [3.63, 3.8) is 0 Å². The van der Waals surface area contributed by atoms with E-state index >= 15 is 0 Å². The molecule has 0 saturated carbocycles. The number of benzene rings is 2. The number of nitrogens with one attached hydrogen (secondary N) is 1. The molecule has 0 saturated heterocycles. The van der Waals surface area contributed by atoms with Gasteiger partial charge in [0.2, 0.25) is 0 Å². The number of rotatable bonds is 3. The highest BCUT2D eigenvalue weighted by atomic mass is 35.5. The van der Waals surface area contributed by atoms with Crippen LogP contribution in [-0.4, -0.2) is 11.7 Å². The van der Waals surface area contributed by atoms with Gasteiger partial charge in [-0.1, -0.05) is 23.7 Å². The minimum Gasteiger partial charge on any atom is -0.489 e. The Bertz CT molecular complexity index is 695. The van der Waals surface area contributed by atoms with Crippen LogP contribution in [0.3, 0.4) is 0 Å². The molecule has 0 atom stereocenters. The third-order valence-electron chi connectivity index (χ3n) is 3.01. The van der Waals surface area contributed by atoms with E-state index in [0.717, 1.165) is 5.56 Å². The maximum Gasteiger partial charge on any atom is 0.296 e. The Labute approximate surface area is 120 Å². The van der Waals surface area contributed by atoms with E-state index in [-0.39, 0.29) is 0 Å². The zero-order valence-corrected chi connectivity index (χ0v) is 11.1. The fourth-order valence-electron chi connectivity index (χ4n) is 1.96. The van der Waals surface area contributed by atoms with Gasteiger partial charge < -0.3 is 10.1 Å². The molecule has 0 bridgehead atoms. The summed E-state index contributed by atoms with van der Waals surface area (Å²) in [4.78, 5) is 22.8. The standard InChI is InChI=1S/C15H10ClNO3/c16-10-3-1-9(2-4-10)8-20-11-5-6-13-12(7-11)14(18)15(19)17-13/h1-7H,8H2,(H,17,18,19).